The third kappa shape index (κ3) is 45.9. The van der Waals surface area contributed by atoms with E-state index >= 15 is 0 Å². The first kappa shape index (κ1) is 90.6. The van der Waals surface area contributed by atoms with E-state index in [1.54, 1.807) is 38.1 Å². The molecule has 1 aliphatic rings. The van der Waals surface area contributed by atoms with Gasteiger partial charge in [0.1, 0.15) is 36.4 Å². The van der Waals surface area contributed by atoms with Crippen molar-refractivity contribution in [3.8, 4) is 0 Å². The normalized spacial score (nSPS) is 14.2. The molecule has 1 aromatic carbocycles. The topological polar surface area (TPSA) is 499 Å². The predicted molar refractivity (Wildman–Crippen MR) is 359 cm³/mol. The van der Waals surface area contributed by atoms with Crippen LogP contribution >= 0.6 is 0 Å². The molecule has 10 amide bonds. The average molecular weight is 1450 g/mol. The number of amides is 10. The van der Waals surface area contributed by atoms with Crippen molar-refractivity contribution in [1.29, 1.82) is 0 Å². The number of hydrogen-bond acceptors (Lipinski definition) is 27. The number of nitrogens with one attached hydrogen (secondary N) is 7. The Morgan fingerprint density at radius 1 is 0.455 bits per heavy atom. The van der Waals surface area contributed by atoms with Crippen molar-refractivity contribution < 1.29 is 131 Å². The molecule has 36 nitrogen and oxygen atoms in total. The molecule has 0 saturated heterocycles. The summed E-state index contributed by atoms with van der Waals surface area (Å²) in [7, 11) is 0. The molecular formula is C65H111N9O27. The van der Waals surface area contributed by atoms with Crippen LogP contribution in [0.1, 0.15) is 70.8 Å². The zero-order valence-electron chi connectivity index (χ0n) is 58.2. The van der Waals surface area contributed by atoms with Gasteiger partial charge in [-0.2, -0.15) is 0 Å². The highest BCUT2D eigenvalue weighted by molar-refractivity contribution is 6.12. The van der Waals surface area contributed by atoms with Gasteiger partial charge in [0, 0.05) is 56.9 Å². The molecule has 0 unspecified atom stereocenters. The number of carbonyl (C=O) groups excluding carboxylic acids is 9. The molecule has 0 saturated carbocycles. The standard InChI is InChI=1S/C65H111N9O27/c1-47(2)59(64(88)72-50(7-6-16-68-65(66)89)62(86)70-49-11-9-48(45-75)10-12-49)73-63(87)51(71-55(80)8-4-3-5-18-74-57(82)13-14-58(74)83)43-56(81)67-17-20-91-22-24-93-26-28-95-30-32-97-34-36-99-38-40-101-42-41-100-39-37-98-35-33-96-31-29-94-27-25-92-23-21-90-19-15-54(79)69-44-52(77)60(84)61(85)53(78)46-76/h9-14,47,50-53,59-61,75-78,84-85H,3-8,15-46H2,1-2H3,(H,67,81)(H,69,79)(H,70,86)(H,71,80)(H,72,88)(H,73,87)(H3,66,68,89)/t50-,51-,52-,53+,59-,60+,61+/m0/s1. The number of hydrogen-bond donors (Lipinski definition) is 14. The minimum atomic E-state index is -1.77. The molecule has 578 valence electrons. The molecule has 0 radical (unpaired) electrons. The number of nitrogens with two attached hydrogens (primary N) is 1. The summed E-state index contributed by atoms with van der Waals surface area (Å²) < 4.78 is 65.9. The number of primary amides is 1. The summed E-state index contributed by atoms with van der Waals surface area (Å²) in [4.78, 5) is 116. The maximum absolute atomic E-state index is 14.0. The van der Waals surface area contributed by atoms with Crippen LogP contribution < -0.4 is 43.0 Å². The van der Waals surface area contributed by atoms with Crippen molar-refractivity contribution in [1.82, 2.24) is 36.8 Å². The third-order valence-electron chi connectivity index (χ3n) is 14.4. The first-order valence-electron chi connectivity index (χ1n) is 34.0. The molecule has 0 fully saturated rings. The third-order valence-corrected chi connectivity index (χ3v) is 14.4. The molecule has 15 N–H and O–H groups in total. The van der Waals surface area contributed by atoms with Crippen LogP contribution in [0.5, 0.6) is 0 Å². The van der Waals surface area contributed by atoms with Crippen LogP contribution in [-0.4, -0.2) is 323 Å². The van der Waals surface area contributed by atoms with Crippen LogP contribution in [0.15, 0.2) is 36.4 Å². The Morgan fingerprint density at radius 3 is 1.36 bits per heavy atom. The number of unbranched alkanes of at least 4 members (excludes halogenated alkanes) is 2. The molecule has 2 rings (SSSR count). The van der Waals surface area contributed by atoms with Crippen LogP contribution in [0.3, 0.4) is 0 Å². The van der Waals surface area contributed by atoms with Gasteiger partial charge in [0.15, 0.2) is 0 Å². The lowest BCUT2D eigenvalue weighted by molar-refractivity contribution is -0.137. The van der Waals surface area contributed by atoms with Crippen molar-refractivity contribution in [3.63, 3.8) is 0 Å². The van der Waals surface area contributed by atoms with Crippen molar-refractivity contribution in [3.05, 3.63) is 42.0 Å². The number of rotatable bonds is 66. The van der Waals surface area contributed by atoms with Crippen LogP contribution in [0.25, 0.3) is 0 Å². The van der Waals surface area contributed by atoms with E-state index in [-0.39, 0.29) is 91.5 Å². The number of benzene rings is 1. The number of nitrogens with zero attached hydrogens (tertiary/aromatic N) is 1. The van der Waals surface area contributed by atoms with Gasteiger partial charge in [0.05, 0.1) is 184 Å². The molecule has 0 spiro atoms. The quantitative estimate of drug-likeness (QED) is 0.0217. The van der Waals surface area contributed by atoms with Crippen molar-refractivity contribution >= 4 is 59.0 Å². The van der Waals surface area contributed by atoms with E-state index in [0.717, 1.165) is 4.90 Å². The number of imide groups is 1. The molecule has 1 aromatic rings. The van der Waals surface area contributed by atoms with Crippen LogP contribution in [0.4, 0.5) is 10.5 Å². The van der Waals surface area contributed by atoms with Crippen molar-refractivity contribution in [2.75, 3.05) is 197 Å². The molecule has 0 bridgehead atoms. The van der Waals surface area contributed by atoms with Crippen LogP contribution in [0, 0.1) is 5.92 Å². The van der Waals surface area contributed by atoms with E-state index in [2.05, 4.69) is 37.2 Å². The van der Waals surface area contributed by atoms with E-state index < -0.39 is 115 Å². The average Bonchev–Trinajstić information content (AvgIpc) is 1.79. The fourth-order valence-corrected chi connectivity index (χ4v) is 8.82. The molecular weight excluding hydrogens is 1340 g/mol. The van der Waals surface area contributed by atoms with Crippen LogP contribution in [-0.2, 0) is 102 Å². The predicted octanol–water partition coefficient (Wildman–Crippen LogP) is -4.19. The van der Waals surface area contributed by atoms with Crippen LogP contribution in [0.2, 0.25) is 0 Å². The summed E-state index contributed by atoms with van der Waals surface area (Å²) in [6, 6.07) is 1.77. The van der Waals surface area contributed by atoms with Crippen molar-refractivity contribution in [2.45, 2.75) is 114 Å². The molecule has 1 aliphatic heterocycles. The summed E-state index contributed by atoms with van der Waals surface area (Å²) in [5, 5.41) is 75.0. The Labute approximate surface area is 589 Å². The first-order valence-corrected chi connectivity index (χ1v) is 34.0. The number of aliphatic hydroxyl groups is 6. The second kappa shape index (κ2) is 58.9. The van der Waals surface area contributed by atoms with E-state index in [0.29, 0.717) is 156 Å². The highest BCUT2D eigenvalue weighted by atomic mass is 16.6. The zero-order valence-corrected chi connectivity index (χ0v) is 58.2. The SMILES string of the molecule is CC(C)[C@H](NC(=O)[C@H](CC(=O)NCCOCCOCCOCCOCCOCCOCCOCCOCCOCCOCCOCCOCCC(=O)NC[C@H](O)[C@@H](O)[C@H](O)[C@H](O)CO)NC(=O)CCCCCN1C(=O)C=CC1=O)C(=O)N[C@@H](CCCNC(N)=O)C(=O)Nc1ccc(CO)cc1. The highest BCUT2D eigenvalue weighted by Gasteiger charge is 2.33. The number of urea groups is 1. The maximum Gasteiger partial charge on any atom is 0.312 e. The number of anilines is 1. The van der Waals surface area contributed by atoms with E-state index in [1.807, 2.05) is 0 Å². The molecule has 7 atom stereocenters. The van der Waals surface area contributed by atoms with Gasteiger partial charge < -0.3 is 130 Å². The summed E-state index contributed by atoms with van der Waals surface area (Å²) >= 11 is 0. The minimum Gasteiger partial charge on any atom is -0.394 e. The second-order valence-corrected chi connectivity index (χ2v) is 22.9. The van der Waals surface area contributed by atoms with Gasteiger partial charge in [0.25, 0.3) is 11.8 Å². The maximum atomic E-state index is 14.0. The number of ether oxygens (including phenoxy) is 12. The van der Waals surface area contributed by atoms with E-state index in [4.69, 9.17) is 67.7 Å². The zero-order chi connectivity index (χ0) is 74.1. The Bertz CT molecular complexity index is 2460. The van der Waals surface area contributed by atoms with Crippen molar-refractivity contribution in [2.24, 2.45) is 11.7 Å². The fourth-order valence-electron chi connectivity index (χ4n) is 8.82. The summed E-state index contributed by atoms with van der Waals surface area (Å²) in [6.07, 6.45) is -3.39. The van der Waals surface area contributed by atoms with Gasteiger partial charge in [-0.15, -0.1) is 0 Å². The van der Waals surface area contributed by atoms with E-state index in [1.165, 1.54) is 12.2 Å². The Morgan fingerprint density at radius 2 is 0.911 bits per heavy atom. The Balaban J connectivity index is 1.51. The molecule has 0 aliphatic carbocycles. The largest absolute Gasteiger partial charge is 0.394 e. The fraction of sp³-hybridized carbons (Fsp3) is 0.738. The summed E-state index contributed by atoms with van der Waals surface area (Å²) in [5.41, 5.74) is 6.19. The van der Waals surface area contributed by atoms with Gasteiger partial charge in [0.2, 0.25) is 35.4 Å². The first-order chi connectivity index (χ1) is 48.8. The van der Waals surface area contributed by atoms with Gasteiger partial charge in [-0.1, -0.05) is 32.4 Å². The lowest BCUT2D eigenvalue weighted by Gasteiger charge is -2.27. The lowest BCUT2D eigenvalue weighted by Crippen LogP contribution is -2.58. The van der Waals surface area contributed by atoms with Gasteiger partial charge in [-0.25, -0.2) is 4.79 Å². The summed E-state index contributed by atoms with van der Waals surface area (Å²) in [5.74, 6) is -5.19. The Hall–Kier alpha value is -6.53. The number of aliphatic hydroxyl groups excluding tert-OH is 6. The van der Waals surface area contributed by atoms with E-state index in [9.17, 15) is 68.7 Å². The molecule has 101 heavy (non-hydrogen) atoms. The van der Waals surface area contributed by atoms with Gasteiger partial charge in [-0.05, 0) is 49.3 Å². The summed E-state index contributed by atoms with van der Waals surface area (Å²) in [6.45, 7) is 10.3. The second-order valence-electron chi connectivity index (χ2n) is 22.9. The molecule has 36 heteroatoms. The highest BCUT2D eigenvalue weighted by Crippen LogP contribution is 2.14. The monoisotopic (exact) mass is 1450 g/mol. The smallest absolute Gasteiger partial charge is 0.312 e. The van der Waals surface area contributed by atoms with Gasteiger partial charge >= 0.3 is 6.03 Å². The molecule has 1 heterocycles. The number of carbonyl (C=O) groups is 9. The minimum absolute atomic E-state index is 0.00892. The van der Waals surface area contributed by atoms with Gasteiger partial charge in [-0.3, -0.25) is 43.3 Å². The lowest BCUT2D eigenvalue weighted by atomic mass is 10.0. The molecule has 0 aromatic heterocycles. The Kier molecular flexibility index (Phi) is 52.8.